The third-order valence-corrected chi connectivity index (χ3v) is 3.07. The summed E-state index contributed by atoms with van der Waals surface area (Å²) < 4.78 is 18.7. The minimum atomic E-state index is -0.927. The van der Waals surface area contributed by atoms with Crippen LogP contribution >= 0.6 is 11.6 Å². The monoisotopic (exact) mass is 311 g/mol. The summed E-state index contributed by atoms with van der Waals surface area (Å²) in [6.07, 6.45) is -0.927. The van der Waals surface area contributed by atoms with E-state index in [-0.39, 0.29) is 27.8 Å². The van der Waals surface area contributed by atoms with Gasteiger partial charge in [-0.25, -0.2) is 4.39 Å². The lowest BCUT2D eigenvalue weighted by molar-refractivity contribution is -0.384. The van der Waals surface area contributed by atoms with E-state index in [1.54, 1.807) is 0 Å². The molecule has 0 saturated heterocycles. The molecule has 0 radical (unpaired) electrons. The van der Waals surface area contributed by atoms with E-state index in [9.17, 15) is 19.6 Å². The van der Waals surface area contributed by atoms with Crippen molar-refractivity contribution in [2.45, 2.75) is 13.0 Å². The second-order valence-corrected chi connectivity index (χ2v) is 4.74. The molecular weight excluding hydrogens is 301 g/mol. The van der Waals surface area contributed by atoms with Crippen molar-refractivity contribution in [3.05, 3.63) is 62.9 Å². The van der Waals surface area contributed by atoms with Gasteiger partial charge in [0.25, 0.3) is 5.69 Å². The Morgan fingerprint density at radius 3 is 2.62 bits per heavy atom. The number of hydrogen-bond donors (Lipinski definition) is 1. The Morgan fingerprint density at radius 1 is 1.33 bits per heavy atom. The van der Waals surface area contributed by atoms with Crippen LogP contribution in [-0.4, -0.2) is 10.0 Å². The number of rotatable bonds is 4. The molecule has 2 rings (SSSR count). The average molecular weight is 312 g/mol. The molecular formula is C14H11ClFNO4. The molecule has 2 aromatic rings. The maximum atomic E-state index is 13.2. The molecule has 0 unspecified atom stereocenters. The summed E-state index contributed by atoms with van der Waals surface area (Å²) in [6, 6.07) is 7.59. The van der Waals surface area contributed by atoms with Gasteiger partial charge in [-0.05, 0) is 31.2 Å². The molecule has 0 aromatic heterocycles. The van der Waals surface area contributed by atoms with Crippen molar-refractivity contribution in [3.8, 4) is 11.5 Å². The van der Waals surface area contributed by atoms with Crippen molar-refractivity contribution in [1.82, 2.24) is 0 Å². The van der Waals surface area contributed by atoms with Gasteiger partial charge in [-0.3, -0.25) is 10.1 Å². The molecule has 0 saturated carbocycles. The predicted molar refractivity (Wildman–Crippen MR) is 75.2 cm³/mol. The van der Waals surface area contributed by atoms with Crippen LogP contribution in [0.25, 0.3) is 0 Å². The van der Waals surface area contributed by atoms with Gasteiger partial charge in [0.2, 0.25) is 0 Å². The molecule has 21 heavy (non-hydrogen) atoms. The summed E-state index contributed by atoms with van der Waals surface area (Å²) in [5, 5.41) is 20.2. The van der Waals surface area contributed by atoms with Gasteiger partial charge in [-0.15, -0.1) is 0 Å². The van der Waals surface area contributed by atoms with E-state index in [1.807, 2.05) is 0 Å². The SMILES string of the molecule is C[C@H](O)c1cc(F)ccc1Oc1ccc([N+](=O)[O-])c(Cl)c1. The van der Waals surface area contributed by atoms with Gasteiger partial charge < -0.3 is 9.84 Å². The second-order valence-electron chi connectivity index (χ2n) is 4.33. The van der Waals surface area contributed by atoms with E-state index >= 15 is 0 Å². The summed E-state index contributed by atoms with van der Waals surface area (Å²) in [6.45, 7) is 1.48. The first-order valence-corrected chi connectivity index (χ1v) is 6.35. The molecule has 5 nitrogen and oxygen atoms in total. The Kier molecular flexibility index (Phi) is 4.40. The number of hydrogen-bond acceptors (Lipinski definition) is 4. The second kappa shape index (κ2) is 6.07. The van der Waals surface area contributed by atoms with Gasteiger partial charge >= 0.3 is 0 Å². The molecule has 1 N–H and O–H groups in total. The van der Waals surface area contributed by atoms with Crippen molar-refractivity contribution >= 4 is 17.3 Å². The zero-order valence-electron chi connectivity index (χ0n) is 10.9. The Balaban J connectivity index is 2.34. The Labute approximate surface area is 124 Å². The van der Waals surface area contributed by atoms with Gasteiger partial charge in [0.05, 0.1) is 11.0 Å². The van der Waals surface area contributed by atoms with Crippen molar-refractivity contribution < 1.29 is 19.2 Å². The molecule has 0 aliphatic carbocycles. The van der Waals surface area contributed by atoms with Crippen LogP contribution < -0.4 is 4.74 Å². The first-order valence-electron chi connectivity index (χ1n) is 5.98. The number of aliphatic hydroxyl groups excluding tert-OH is 1. The van der Waals surface area contributed by atoms with Crippen molar-refractivity contribution in [2.24, 2.45) is 0 Å². The molecule has 0 aliphatic rings. The number of benzene rings is 2. The summed E-state index contributed by atoms with van der Waals surface area (Å²) >= 11 is 5.79. The number of nitro benzene ring substituents is 1. The van der Waals surface area contributed by atoms with Crippen molar-refractivity contribution in [1.29, 1.82) is 0 Å². The number of aliphatic hydroxyl groups is 1. The van der Waals surface area contributed by atoms with E-state index in [0.717, 1.165) is 6.07 Å². The molecule has 2 aromatic carbocycles. The number of ether oxygens (including phenoxy) is 1. The highest BCUT2D eigenvalue weighted by Crippen LogP contribution is 2.34. The average Bonchev–Trinajstić information content (AvgIpc) is 2.40. The van der Waals surface area contributed by atoms with Crippen LogP contribution in [-0.2, 0) is 0 Å². The molecule has 1 atom stereocenters. The zero-order valence-corrected chi connectivity index (χ0v) is 11.7. The summed E-state index contributed by atoms with van der Waals surface area (Å²) in [7, 11) is 0. The topological polar surface area (TPSA) is 72.6 Å². The first kappa shape index (κ1) is 15.2. The molecule has 0 amide bonds. The Bertz CT molecular complexity index is 691. The van der Waals surface area contributed by atoms with Crippen LogP contribution in [0.2, 0.25) is 5.02 Å². The van der Waals surface area contributed by atoms with E-state index in [1.165, 1.54) is 37.3 Å². The maximum Gasteiger partial charge on any atom is 0.288 e. The number of nitrogens with zero attached hydrogens (tertiary/aromatic N) is 1. The fraction of sp³-hybridized carbons (Fsp3) is 0.143. The molecule has 110 valence electrons. The van der Waals surface area contributed by atoms with Gasteiger partial charge in [-0.1, -0.05) is 11.6 Å². The minimum absolute atomic E-state index is 0.0711. The van der Waals surface area contributed by atoms with Crippen LogP contribution in [0.15, 0.2) is 36.4 Å². The summed E-state index contributed by atoms with van der Waals surface area (Å²) in [5.41, 5.74) is 0.0309. The van der Waals surface area contributed by atoms with E-state index in [4.69, 9.17) is 16.3 Å². The van der Waals surface area contributed by atoms with Crippen molar-refractivity contribution in [3.63, 3.8) is 0 Å². The molecule has 0 fully saturated rings. The number of halogens is 2. The smallest absolute Gasteiger partial charge is 0.288 e. The minimum Gasteiger partial charge on any atom is -0.457 e. The lowest BCUT2D eigenvalue weighted by atomic mass is 10.1. The molecule has 7 heteroatoms. The van der Waals surface area contributed by atoms with Crippen LogP contribution in [0.4, 0.5) is 10.1 Å². The fourth-order valence-corrected chi connectivity index (χ4v) is 2.00. The van der Waals surface area contributed by atoms with Crippen molar-refractivity contribution in [2.75, 3.05) is 0 Å². The lowest BCUT2D eigenvalue weighted by Crippen LogP contribution is -1.97. The van der Waals surface area contributed by atoms with E-state index < -0.39 is 16.8 Å². The van der Waals surface area contributed by atoms with Crippen LogP contribution in [0.3, 0.4) is 0 Å². The van der Waals surface area contributed by atoms with Gasteiger partial charge in [0.15, 0.2) is 0 Å². The van der Waals surface area contributed by atoms with Gasteiger partial charge in [-0.2, -0.15) is 0 Å². The first-order chi connectivity index (χ1) is 9.88. The third kappa shape index (κ3) is 3.48. The molecule has 0 spiro atoms. The highest BCUT2D eigenvalue weighted by atomic mass is 35.5. The normalized spacial score (nSPS) is 12.0. The van der Waals surface area contributed by atoms with E-state index in [0.29, 0.717) is 0 Å². The predicted octanol–water partition coefficient (Wildman–Crippen LogP) is 4.23. The molecule has 0 aliphatic heterocycles. The quantitative estimate of drug-likeness (QED) is 0.677. The Hall–Kier alpha value is -2.18. The summed E-state index contributed by atoms with van der Waals surface area (Å²) in [4.78, 5) is 10.1. The van der Waals surface area contributed by atoms with Gasteiger partial charge in [0.1, 0.15) is 22.3 Å². The highest BCUT2D eigenvalue weighted by molar-refractivity contribution is 6.32. The lowest BCUT2D eigenvalue weighted by Gasteiger charge is -2.13. The fourth-order valence-electron chi connectivity index (χ4n) is 1.76. The third-order valence-electron chi connectivity index (χ3n) is 2.77. The summed E-state index contributed by atoms with van der Waals surface area (Å²) in [5.74, 6) is -0.00425. The zero-order chi connectivity index (χ0) is 15.6. The van der Waals surface area contributed by atoms with E-state index in [2.05, 4.69) is 0 Å². The molecule has 0 heterocycles. The van der Waals surface area contributed by atoms with Gasteiger partial charge in [0, 0.05) is 17.7 Å². The van der Waals surface area contributed by atoms with Crippen LogP contribution in [0, 0.1) is 15.9 Å². The molecule has 0 bridgehead atoms. The highest BCUT2D eigenvalue weighted by Gasteiger charge is 2.15. The maximum absolute atomic E-state index is 13.2. The van der Waals surface area contributed by atoms with Crippen LogP contribution in [0.1, 0.15) is 18.6 Å². The van der Waals surface area contributed by atoms with Crippen LogP contribution in [0.5, 0.6) is 11.5 Å². The standard InChI is InChI=1S/C14H11ClFNO4/c1-8(18)11-6-9(16)2-5-14(11)21-10-3-4-13(17(19)20)12(15)7-10/h2-8,18H,1H3/t8-/m0/s1. The largest absolute Gasteiger partial charge is 0.457 e. The number of nitro groups is 1. The Morgan fingerprint density at radius 2 is 2.05 bits per heavy atom.